The fourth-order valence-electron chi connectivity index (χ4n) is 2.29. The topological polar surface area (TPSA) is 52.5 Å². The number of benzene rings is 1. The van der Waals surface area contributed by atoms with Crippen molar-refractivity contribution in [2.75, 3.05) is 6.54 Å². The number of aromatic hydroxyl groups is 2. The molecule has 0 heterocycles. The van der Waals surface area contributed by atoms with Crippen molar-refractivity contribution >= 4 is 0 Å². The Morgan fingerprint density at radius 3 is 2.35 bits per heavy atom. The molecule has 0 bridgehead atoms. The number of hydrogen-bond donors (Lipinski definition) is 3. The Hall–Kier alpha value is -1.22. The minimum Gasteiger partial charge on any atom is -0.507 e. The zero-order valence-electron chi connectivity index (χ0n) is 10.5. The Kier molecular flexibility index (Phi) is 3.29. The van der Waals surface area contributed by atoms with E-state index in [2.05, 4.69) is 12.2 Å². The molecule has 3 nitrogen and oxygen atoms in total. The first kappa shape index (κ1) is 12.2. The van der Waals surface area contributed by atoms with Crippen LogP contribution in [0, 0.1) is 5.41 Å². The zero-order chi connectivity index (χ0) is 12.5. The highest BCUT2D eigenvalue weighted by Crippen LogP contribution is 2.48. The lowest BCUT2D eigenvalue weighted by Gasteiger charge is -2.20. The Balaban J connectivity index is 2.02. The van der Waals surface area contributed by atoms with E-state index in [0.717, 1.165) is 6.54 Å². The highest BCUT2D eigenvalue weighted by Gasteiger charge is 2.40. The third kappa shape index (κ3) is 2.55. The Morgan fingerprint density at radius 2 is 1.88 bits per heavy atom. The minimum absolute atomic E-state index is 0.0276. The number of nitrogens with one attached hydrogen (secondary N) is 1. The van der Waals surface area contributed by atoms with Crippen molar-refractivity contribution in [1.82, 2.24) is 5.32 Å². The van der Waals surface area contributed by atoms with Gasteiger partial charge in [-0.2, -0.15) is 0 Å². The molecule has 94 valence electrons. The summed E-state index contributed by atoms with van der Waals surface area (Å²) in [5, 5.41) is 22.9. The Labute approximate surface area is 102 Å². The maximum absolute atomic E-state index is 9.76. The van der Waals surface area contributed by atoms with E-state index in [1.54, 1.807) is 18.2 Å². The lowest BCUT2D eigenvalue weighted by Crippen LogP contribution is -2.26. The van der Waals surface area contributed by atoms with Gasteiger partial charge in [0.25, 0.3) is 0 Å². The molecule has 17 heavy (non-hydrogen) atoms. The fourth-order valence-corrected chi connectivity index (χ4v) is 2.29. The lowest BCUT2D eigenvalue weighted by molar-refractivity contribution is 0.387. The summed E-state index contributed by atoms with van der Waals surface area (Å²) < 4.78 is 0. The molecule has 3 N–H and O–H groups in total. The molecular weight excluding hydrogens is 214 g/mol. The molecule has 0 aliphatic heterocycles. The third-order valence-corrected chi connectivity index (χ3v) is 3.98. The summed E-state index contributed by atoms with van der Waals surface area (Å²) in [4.78, 5) is 0. The molecule has 0 amide bonds. The molecule has 1 unspecified atom stereocenters. The first-order valence-corrected chi connectivity index (χ1v) is 6.32. The van der Waals surface area contributed by atoms with Crippen molar-refractivity contribution in [3.8, 4) is 11.5 Å². The summed E-state index contributed by atoms with van der Waals surface area (Å²) in [6, 6.07) is 4.84. The molecule has 0 spiro atoms. The second-order valence-corrected chi connectivity index (χ2v) is 5.17. The van der Waals surface area contributed by atoms with E-state index in [4.69, 9.17) is 0 Å². The van der Waals surface area contributed by atoms with Crippen LogP contribution in [-0.4, -0.2) is 16.8 Å². The third-order valence-electron chi connectivity index (χ3n) is 3.98. The van der Waals surface area contributed by atoms with E-state index in [0.29, 0.717) is 11.0 Å². The van der Waals surface area contributed by atoms with Crippen molar-refractivity contribution in [3.05, 3.63) is 23.8 Å². The van der Waals surface area contributed by atoms with Gasteiger partial charge in [0.15, 0.2) is 0 Å². The van der Waals surface area contributed by atoms with Crippen LogP contribution in [0.3, 0.4) is 0 Å². The molecule has 2 rings (SSSR count). The Bertz CT molecular complexity index is 379. The molecule has 1 aromatic rings. The average Bonchev–Trinajstić information content (AvgIpc) is 3.07. The lowest BCUT2D eigenvalue weighted by atomic mass is 10.0. The number of rotatable bonds is 5. The fraction of sp³-hybridized carbons (Fsp3) is 0.571. The van der Waals surface area contributed by atoms with Crippen LogP contribution in [0.25, 0.3) is 0 Å². The molecule has 0 saturated heterocycles. The van der Waals surface area contributed by atoms with E-state index in [-0.39, 0.29) is 17.5 Å². The van der Waals surface area contributed by atoms with Crippen molar-refractivity contribution in [1.29, 1.82) is 0 Å². The van der Waals surface area contributed by atoms with Crippen molar-refractivity contribution in [2.24, 2.45) is 5.41 Å². The van der Waals surface area contributed by atoms with Gasteiger partial charge in [0.05, 0.1) is 5.56 Å². The summed E-state index contributed by atoms with van der Waals surface area (Å²) in [6.45, 7) is 5.15. The van der Waals surface area contributed by atoms with E-state index < -0.39 is 0 Å². The van der Waals surface area contributed by atoms with Gasteiger partial charge in [-0.05, 0) is 43.7 Å². The number of phenols is 2. The highest BCUT2D eigenvalue weighted by molar-refractivity contribution is 5.44. The molecule has 1 aliphatic carbocycles. The highest BCUT2D eigenvalue weighted by atomic mass is 16.3. The van der Waals surface area contributed by atoms with Crippen LogP contribution in [0.4, 0.5) is 0 Å². The standard InChI is InChI=1S/C14H21NO2/c1-3-14(7-8-14)9-15-10(2)13-11(16)5-4-6-12(13)17/h4-6,10,15-17H,3,7-9H2,1-2H3. The largest absolute Gasteiger partial charge is 0.507 e. The molecule has 1 saturated carbocycles. The van der Waals surface area contributed by atoms with E-state index in [9.17, 15) is 10.2 Å². The molecule has 1 aliphatic rings. The van der Waals surface area contributed by atoms with Gasteiger partial charge in [0, 0.05) is 12.6 Å². The second kappa shape index (κ2) is 4.57. The van der Waals surface area contributed by atoms with Gasteiger partial charge in [-0.3, -0.25) is 0 Å². The Morgan fingerprint density at radius 1 is 1.29 bits per heavy atom. The van der Waals surface area contributed by atoms with Crippen molar-refractivity contribution < 1.29 is 10.2 Å². The van der Waals surface area contributed by atoms with E-state index in [1.807, 2.05) is 6.92 Å². The summed E-state index contributed by atoms with van der Waals surface area (Å²) in [5.74, 6) is 0.317. The first-order valence-electron chi connectivity index (χ1n) is 6.32. The van der Waals surface area contributed by atoms with Gasteiger partial charge in [-0.15, -0.1) is 0 Å². The second-order valence-electron chi connectivity index (χ2n) is 5.17. The molecule has 1 aromatic carbocycles. The van der Waals surface area contributed by atoms with Crippen LogP contribution in [0.5, 0.6) is 11.5 Å². The molecule has 0 radical (unpaired) electrons. The smallest absolute Gasteiger partial charge is 0.124 e. The van der Waals surface area contributed by atoms with Crippen molar-refractivity contribution in [3.63, 3.8) is 0 Å². The van der Waals surface area contributed by atoms with E-state index >= 15 is 0 Å². The van der Waals surface area contributed by atoms with Crippen LogP contribution >= 0.6 is 0 Å². The predicted molar refractivity (Wildman–Crippen MR) is 68.1 cm³/mol. The van der Waals surface area contributed by atoms with E-state index in [1.165, 1.54) is 19.3 Å². The van der Waals surface area contributed by atoms with Crippen LogP contribution in [0.15, 0.2) is 18.2 Å². The normalized spacial score (nSPS) is 18.9. The number of hydrogen-bond acceptors (Lipinski definition) is 3. The van der Waals surface area contributed by atoms with Crippen LogP contribution in [0.1, 0.15) is 44.7 Å². The number of phenolic OH excluding ortho intramolecular Hbond substituents is 2. The molecular formula is C14H21NO2. The zero-order valence-corrected chi connectivity index (χ0v) is 10.5. The van der Waals surface area contributed by atoms with Gasteiger partial charge in [0.2, 0.25) is 0 Å². The summed E-state index contributed by atoms with van der Waals surface area (Å²) in [7, 11) is 0. The quantitative estimate of drug-likeness (QED) is 0.735. The van der Waals surface area contributed by atoms with Gasteiger partial charge in [-0.1, -0.05) is 13.0 Å². The van der Waals surface area contributed by atoms with Gasteiger partial charge in [0.1, 0.15) is 11.5 Å². The maximum atomic E-state index is 9.76. The summed E-state index contributed by atoms with van der Waals surface area (Å²) in [5.41, 5.74) is 1.06. The van der Waals surface area contributed by atoms with Gasteiger partial charge in [-0.25, -0.2) is 0 Å². The molecule has 1 atom stereocenters. The van der Waals surface area contributed by atoms with Crippen LogP contribution < -0.4 is 5.32 Å². The summed E-state index contributed by atoms with van der Waals surface area (Å²) >= 11 is 0. The maximum Gasteiger partial charge on any atom is 0.124 e. The SMILES string of the molecule is CCC1(CNC(C)c2c(O)cccc2O)CC1. The molecule has 3 heteroatoms. The summed E-state index contributed by atoms with van der Waals surface area (Å²) in [6.07, 6.45) is 3.77. The minimum atomic E-state index is -0.0276. The first-order chi connectivity index (χ1) is 8.08. The van der Waals surface area contributed by atoms with Crippen LogP contribution in [0.2, 0.25) is 0 Å². The van der Waals surface area contributed by atoms with Crippen LogP contribution in [-0.2, 0) is 0 Å². The molecule has 1 fully saturated rings. The molecule has 0 aromatic heterocycles. The van der Waals surface area contributed by atoms with Crippen molar-refractivity contribution in [2.45, 2.75) is 39.2 Å². The van der Waals surface area contributed by atoms with Gasteiger partial charge >= 0.3 is 0 Å². The monoisotopic (exact) mass is 235 g/mol. The average molecular weight is 235 g/mol. The predicted octanol–water partition coefficient (Wildman–Crippen LogP) is 2.94. The van der Waals surface area contributed by atoms with Gasteiger partial charge < -0.3 is 15.5 Å².